The lowest BCUT2D eigenvalue weighted by molar-refractivity contribution is -0.155. The molecule has 0 aromatic heterocycles. The first-order valence-corrected chi connectivity index (χ1v) is 2.44. The predicted octanol–water partition coefficient (Wildman–Crippen LogP) is 1.53. The van der Waals surface area contributed by atoms with Gasteiger partial charge in [-0.05, 0) is 0 Å². The van der Waals surface area contributed by atoms with Gasteiger partial charge in [-0.1, -0.05) is 0 Å². The Balaban J connectivity index is 3.73. The first-order chi connectivity index (χ1) is 4.34. The van der Waals surface area contributed by atoms with Gasteiger partial charge in [0.25, 0.3) is 0 Å². The molecule has 6 heteroatoms. The van der Waals surface area contributed by atoms with E-state index in [1.165, 1.54) is 0 Å². The van der Waals surface area contributed by atoms with Gasteiger partial charge in [0.15, 0.2) is 0 Å². The van der Waals surface area contributed by atoms with Crippen molar-refractivity contribution < 1.29 is 22.0 Å². The normalized spacial score (nSPS) is 15.9. The molecule has 0 aliphatic rings. The van der Waals surface area contributed by atoms with Crippen LogP contribution in [0.1, 0.15) is 6.42 Å². The summed E-state index contributed by atoms with van der Waals surface area (Å²) in [5.74, 6) is 0. The molecule has 10 heavy (non-hydrogen) atoms. The fourth-order valence-corrected chi connectivity index (χ4v) is 0.326. The third-order valence-electron chi connectivity index (χ3n) is 0.853. The van der Waals surface area contributed by atoms with Crippen LogP contribution in [-0.4, -0.2) is 18.6 Å². The summed E-state index contributed by atoms with van der Waals surface area (Å²) in [6, 6.07) is -2.41. The van der Waals surface area contributed by atoms with Gasteiger partial charge in [0.2, 0.25) is 6.43 Å². The van der Waals surface area contributed by atoms with Gasteiger partial charge in [0.05, 0.1) is 0 Å². The molecule has 0 rings (SSSR count). The highest BCUT2D eigenvalue weighted by molar-refractivity contribution is 4.70. The van der Waals surface area contributed by atoms with Crippen LogP contribution < -0.4 is 5.73 Å². The summed E-state index contributed by atoms with van der Waals surface area (Å²) in [6.07, 6.45) is -9.04. The number of alkyl halides is 5. The molecule has 0 heterocycles. The van der Waals surface area contributed by atoms with E-state index in [-0.39, 0.29) is 0 Å². The molecule has 0 aromatic rings. The zero-order valence-corrected chi connectivity index (χ0v) is 4.83. The van der Waals surface area contributed by atoms with Gasteiger partial charge in [-0.3, -0.25) is 0 Å². The first-order valence-electron chi connectivity index (χ1n) is 2.44. The maximum atomic E-state index is 11.4. The standard InChI is InChI=1S/C4H6F5N/c5-3(6)1-2(10)4(7,8)9/h2-3H,1,10H2/t2-/m0/s1. The Labute approximate surface area is 54.0 Å². The van der Waals surface area contributed by atoms with Gasteiger partial charge in [0, 0.05) is 6.42 Å². The zero-order chi connectivity index (χ0) is 8.36. The Kier molecular flexibility index (Phi) is 3.01. The van der Waals surface area contributed by atoms with Crippen molar-refractivity contribution in [2.75, 3.05) is 0 Å². The Morgan fingerprint density at radius 1 is 1.20 bits per heavy atom. The smallest absolute Gasteiger partial charge is 0.320 e. The Morgan fingerprint density at radius 2 is 1.60 bits per heavy atom. The summed E-state index contributed by atoms with van der Waals surface area (Å²) in [7, 11) is 0. The van der Waals surface area contributed by atoms with Gasteiger partial charge < -0.3 is 5.73 Å². The molecule has 0 radical (unpaired) electrons. The van der Waals surface area contributed by atoms with Crippen molar-refractivity contribution in [3.05, 3.63) is 0 Å². The quantitative estimate of drug-likeness (QED) is 0.614. The van der Waals surface area contributed by atoms with E-state index in [9.17, 15) is 22.0 Å². The second-order valence-corrected chi connectivity index (χ2v) is 1.77. The molecule has 2 N–H and O–H groups in total. The summed E-state index contributed by atoms with van der Waals surface area (Å²) in [5, 5.41) is 0. The van der Waals surface area contributed by atoms with E-state index >= 15 is 0 Å². The van der Waals surface area contributed by atoms with Gasteiger partial charge in [-0.25, -0.2) is 8.78 Å². The number of hydrogen-bond donors (Lipinski definition) is 1. The van der Waals surface area contributed by atoms with Crippen LogP contribution in [0, 0.1) is 0 Å². The highest BCUT2D eigenvalue weighted by Gasteiger charge is 2.38. The molecule has 0 unspecified atom stereocenters. The highest BCUT2D eigenvalue weighted by Crippen LogP contribution is 2.22. The average Bonchev–Trinajstić information content (AvgIpc) is 1.60. The molecule has 0 fully saturated rings. The maximum absolute atomic E-state index is 11.4. The van der Waals surface area contributed by atoms with E-state index in [2.05, 4.69) is 5.73 Å². The van der Waals surface area contributed by atoms with Crippen molar-refractivity contribution in [2.24, 2.45) is 5.73 Å². The molecule has 0 spiro atoms. The number of halogens is 5. The largest absolute Gasteiger partial charge is 0.403 e. The SMILES string of the molecule is N[C@@H](CC(F)F)C(F)(F)F. The second-order valence-electron chi connectivity index (χ2n) is 1.77. The summed E-state index contributed by atoms with van der Waals surface area (Å²) >= 11 is 0. The van der Waals surface area contributed by atoms with Gasteiger partial charge in [0.1, 0.15) is 6.04 Å². The monoisotopic (exact) mass is 163 g/mol. The third-order valence-corrected chi connectivity index (χ3v) is 0.853. The van der Waals surface area contributed by atoms with Gasteiger partial charge in [-0.2, -0.15) is 13.2 Å². The summed E-state index contributed by atoms with van der Waals surface area (Å²) in [4.78, 5) is 0. The Bertz CT molecular complexity index is 98.3. The molecule has 1 nitrogen and oxygen atoms in total. The van der Waals surface area contributed by atoms with Crippen LogP contribution in [0.5, 0.6) is 0 Å². The van der Waals surface area contributed by atoms with Crippen LogP contribution >= 0.6 is 0 Å². The molecule has 62 valence electrons. The molecular weight excluding hydrogens is 157 g/mol. The molecule has 1 atom stereocenters. The first kappa shape index (κ1) is 9.61. The minimum atomic E-state index is -4.71. The summed E-state index contributed by atoms with van der Waals surface area (Å²) in [5.41, 5.74) is 4.35. The number of hydrogen-bond acceptors (Lipinski definition) is 1. The molecule has 0 aromatic carbocycles. The number of rotatable bonds is 2. The molecule has 0 saturated heterocycles. The lowest BCUT2D eigenvalue weighted by atomic mass is 10.2. The van der Waals surface area contributed by atoms with Crippen molar-refractivity contribution in [1.82, 2.24) is 0 Å². The van der Waals surface area contributed by atoms with E-state index in [4.69, 9.17) is 0 Å². The second kappa shape index (κ2) is 3.14. The Morgan fingerprint density at radius 3 is 1.70 bits per heavy atom. The van der Waals surface area contributed by atoms with Crippen LogP contribution in [0.4, 0.5) is 22.0 Å². The van der Waals surface area contributed by atoms with Crippen molar-refractivity contribution >= 4 is 0 Å². The van der Waals surface area contributed by atoms with Crippen LogP contribution in [0.2, 0.25) is 0 Å². The fraction of sp³-hybridized carbons (Fsp3) is 1.00. The topological polar surface area (TPSA) is 26.0 Å². The van der Waals surface area contributed by atoms with Gasteiger partial charge >= 0.3 is 6.18 Å². The van der Waals surface area contributed by atoms with E-state index in [0.29, 0.717) is 0 Å². The maximum Gasteiger partial charge on any atom is 0.403 e. The van der Waals surface area contributed by atoms with Crippen LogP contribution in [0.25, 0.3) is 0 Å². The molecule has 0 aliphatic heterocycles. The van der Waals surface area contributed by atoms with E-state index < -0.39 is 25.1 Å². The van der Waals surface area contributed by atoms with Crippen molar-refractivity contribution in [1.29, 1.82) is 0 Å². The minimum absolute atomic E-state index is 1.33. The average molecular weight is 163 g/mol. The van der Waals surface area contributed by atoms with E-state index in [1.807, 2.05) is 0 Å². The zero-order valence-electron chi connectivity index (χ0n) is 4.83. The van der Waals surface area contributed by atoms with E-state index in [0.717, 1.165) is 0 Å². The third kappa shape index (κ3) is 3.60. The summed E-state index contributed by atoms with van der Waals surface area (Å²) in [6.45, 7) is 0. The fourth-order valence-electron chi connectivity index (χ4n) is 0.326. The summed E-state index contributed by atoms with van der Waals surface area (Å²) < 4.78 is 56.5. The predicted molar refractivity (Wildman–Crippen MR) is 24.7 cm³/mol. The van der Waals surface area contributed by atoms with Crippen molar-refractivity contribution in [3.8, 4) is 0 Å². The van der Waals surface area contributed by atoms with E-state index in [1.54, 1.807) is 0 Å². The van der Waals surface area contributed by atoms with Gasteiger partial charge in [-0.15, -0.1) is 0 Å². The van der Waals surface area contributed by atoms with Crippen molar-refractivity contribution in [2.45, 2.75) is 25.1 Å². The molecule has 0 aliphatic carbocycles. The van der Waals surface area contributed by atoms with Crippen molar-refractivity contribution in [3.63, 3.8) is 0 Å². The number of nitrogens with two attached hydrogens (primary N) is 1. The highest BCUT2D eigenvalue weighted by atomic mass is 19.4. The van der Waals surface area contributed by atoms with Crippen LogP contribution in [-0.2, 0) is 0 Å². The molecule has 0 saturated carbocycles. The Hall–Kier alpha value is -0.390. The lowest BCUT2D eigenvalue weighted by Crippen LogP contribution is -2.38. The molecular formula is C4H6F5N. The minimum Gasteiger partial charge on any atom is -0.320 e. The molecule has 0 amide bonds. The van der Waals surface area contributed by atoms with Crippen LogP contribution in [0.15, 0.2) is 0 Å². The van der Waals surface area contributed by atoms with Crippen LogP contribution in [0.3, 0.4) is 0 Å². The lowest BCUT2D eigenvalue weighted by Gasteiger charge is -2.13. The molecule has 0 bridgehead atoms.